The minimum absolute atomic E-state index is 0.620. The van der Waals surface area contributed by atoms with Gasteiger partial charge in [-0.25, -0.2) is 0 Å². The molecule has 1 aromatic rings. The van der Waals surface area contributed by atoms with E-state index in [1.54, 1.807) is 0 Å². The van der Waals surface area contributed by atoms with Crippen LogP contribution in [0.5, 0.6) is 0 Å². The summed E-state index contributed by atoms with van der Waals surface area (Å²) < 4.78 is 7.37. The van der Waals surface area contributed by atoms with Crippen LogP contribution in [-0.2, 0) is 11.2 Å². The molecule has 1 fully saturated rings. The van der Waals surface area contributed by atoms with Crippen molar-refractivity contribution in [1.29, 1.82) is 0 Å². The summed E-state index contributed by atoms with van der Waals surface area (Å²) in [6.07, 6.45) is 2.08. The van der Waals surface area contributed by atoms with E-state index in [1.807, 2.05) is 18.2 Å². The van der Waals surface area contributed by atoms with E-state index in [9.17, 15) is 5.11 Å². The first kappa shape index (κ1) is 12.6. The SMILES string of the molecule is OC1(Cc2c(Br)cccc2Br)CCOCC1. The third-order valence-electron chi connectivity index (χ3n) is 2.99. The van der Waals surface area contributed by atoms with E-state index in [-0.39, 0.29) is 0 Å². The van der Waals surface area contributed by atoms with E-state index in [4.69, 9.17) is 4.74 Å². The molecule has 2 nitrogen and oxygen atoms in total. The van der Waals surface area contributed by atoms with Gasteiger partial charge in [0.15, 0.2) is 0 Å². The molecular weight excluding hydrogens is 336 g/mol. The number of hydrogen-bond donors (Lipinski definition) is 1. The first-order valence-corrected chi connectivity index (χ1v) is 6.92. The lowest BCUT2D eigenvalue weighted by molar-refractivity contribution is -0.0627. The normalized spacial score (nSPS) is 19.7. The third-order valence-corrected chi connectivity index (χ3v) is 4.48. The minimum Gasteiger partial charge on any atom is -0.389 e. The molecule has 4 heteroatoms. The Balaban J connectivity index is 2.19. The molecule has 88 valence electrons. The Morgan fingerprint density at radius 3 is 2.31 bits per heavy atom. The fourth-order valence-electron chi connectivity index (χ4n) is 1.96. The largest absolute Gasteiger partial charge is 0.389 e. The highest BCUT2D eigenvalue weighted by molar-refractivity contribution is 9.11. The van der Waals surface area contributed by atoms with Crippen LogP contribution < -0.4 is 0 Å². The number of rotatable bonds is 2. The molecule has 1 heterocycles. The summed E-state index contributed by atoms with van der Waals surface area (Å²) >= 11 is 7.05. The van der Waals surface area contributed by atoms with Crippen LogP contribution in [0.2, 0.25) is 0 Å². The third kappa shape index (κ3) is 2.86. The van der Waals surface area contributed by atoms with Crippen molar-refractivity contribution in [3.63, 3.8) is 0 Å². The van der Waals surface area contributed by atoms with Gasteiger partial charge in [0.2, 0.25) is 0 Å². The summed E-state index contributed by atoms with van der Waals surface area (Å²) in [6, 6.07) is 5.98. The molecule has 1 aliphatic heterocycles. The summed E-state index contributed by atoms with van der Waals surface area (Å²) in [4.78, 5) is 0. The maximum absolute atomic E-state index is 10.5. The zero-order chi connectivity index (χ0) is 11.6. The topological polar surface area (TPSA) is 29.5 Å². The van der Waals surface area contributed by atoms with E-state index < -0.39 is 5.60 Å². The van der Waals surface area contributed by atoms with Gasteiger partial charge in [0.05, 0.1) is 5.60 Å². The number of benzene rings is 1. The van der Waals surface area contributed by atoms with Crippen molar-refractivity contribution < 1.29 is 9.84 Å². The van der Waals surface area contributed by atoms with Gasteiger partial charge >= 0.3 is 0 Å². The molecule has 0 atom stereocenters. The van der Waals surface area contributed by atoms with Crippen molar-refractivity contribution in [1.82, 2.24) is 0 Å². The van der Waals surface area contributed by atoms with Gasteiger partial charge in [-0.1, -0.05) is 37.9 Å². The second-order valence-corrected chi connectivity index (χ2v) is 5.92. The molecular formula is C12H14Br2O2. The van der Waals surface area contributed by atoms with Crippen molar-refractivity contribution in [2.24, 2.45) is 0 Å². The molecule has 0 unspecified atom stereocenters. The lowest BCUT2D eigenvalue weighted by atomic mass is 9.87. The Bertz CT molecular complexity index is 353. The van der Waals surface area contributed by atoms with E-state index in [0.717, 1.165) is 14.5 Å². The molecule has 1 saturated heterocycles. The Morgan fingerprint density at radius 2 is 1.75 bits per heavy atom. The molecule has 0 aromatic heterocycles. The van der Waals surface area contributed by atoms with Crippen LogP contribution in [0.3, 0.4) is 0 Å². The molecule has 1 aromatic carbocycles. The van der Waals surface area contributed by atoms with Gasteiger partial charge in [-0.15, -0.1) is 0 Å². The zero-order valence-electron chi connectivity index (χ0n) is 8.88. The zero-order valence-corrected chi connectivity index (χ0v) is 12.1. The molecule has 0 amide bonds. The molecule has 0 radical (unpaired) electrons. The van der Waals surface area contributed by atoms with Gasteiger partial charge in [-0.05, 0) is 30.5 Å². The van der Waals surface area contributed by atoms with Crippen molar-refractivity contribution in [2.75, 3.05) is 13.2 Å². The minimum atomic E-state index is -0.620. The smallest absolute Gasteiger partial charge is 0.0732 e. The first-order valence-electron chi connectivity index (χ1n) is 5.34. The summed E-state index contributed by atoms with van der Waals surface area (Å²) in [5.41, 5.74) is 0.511. The molecule has 16 heavy (non-hydrogen) atoms. The van der Waals surface area contributed by atoms with Gasteiger partial charge in [-0.3, -0.25) is 0 Å². The van der Waals surface area contributed by atoms with E-state index in [1.165, 1.54) is 0 Å². The van der Waals surface area contributed by atoms with Crippen molar-refractivity contribution in [2.45, 2.75) is 24.9 Å². The number of hydrogen-bond acceptors (Lipinski definition) is 2. The number of halogens is 2. The van der Waals surface area contributed by atoms with E-state index >= 15 is 0 Å². The summed E-state index contributed by atoms with van der Waals surface area (Å²) in [5, 5.41) is 10.5. The maximum Gasteiger partial charge on any atom is 0.0732 e. The highest BCUT2D eigenvalue weighted by Gasteiger charge is 2.31. The van der Waals surface area contributed by atoms with Crippen LogP contribution in [0.4, 0.5) is 0 Å². The van der Waals surface area contributed by atoms with Crippen LogP contribution >= 0.6 is 31.9 Å². The van der Waals surface area contributed by atoms with Crippen molar-refractivity contribution in [3.8, 4) is 0 Å². The molecule has 1 aliphatic rings. The van der Waals surface area contributed by atoms with Crippen molar-refractivity contribution >= 4 is 31.9 Å². The Hall–Kier alpha value is 0.1000. The summed E-state index contributed by atoms with van der Waals surface area (Å²) in [7, 11) is 0. The molecule has 0 spiro atoms. The molecule has 1 N–H and O–H groups in total. The van der Waals surface area contributed by atoms with Gasteiger partial charge < -0.3 is 9.84 Å². The Labute approximate surface area is 112 Å². The lowest BCUT2D eigenvalue weighted by Crippen LogP contribution is -2.38. The van der Waals surface area contributed by atoms with Crippen LogP contribution in [-0.4, -0.2) is 23.9 Å². The second-order valence-electron chi connectivity index (χ2n) is 4.21. The Morgan fingerprint density at radius 1 is 1.19 bits per heavy atom. The predicted octanol–water partition coefficient (Wildman–Crippen LogP) is 3.30. The highest BCUT2D eigenvalue weighted by atomic mass is 79.9. The first-order chi connectivity index (χ1) is 7.61. The number of ether oxygens (including phenoxy) is 1. The fraction of sp³-hybridized carbons (Fsp3) is 0.500. The monoisotopic (exact) mass is 348 g/mol. The number of aliphatic hydroxyl groups is 1. The Kier molecular flexibility index (Phi) is 4.06. The molecule has 0 saturated carbocycles. The summed E-state index contributed by atoms with van der Waals surface area (Å²) in [6.45, 7) is 1.30. The maximum atomic E-state index is 10.5. The standard InChI is InChI=1S/C12H14Br2O2/c13-10-2-1-3-11(14)9(10)8-12(15)4-6-16-7-5-12/h1-3,15H,4-8H2. The summed E-state index contributed by atoms with van der Waals surface area (Å²) in [5.74, 6) is 0. The lowest BCUT2D eigenvalue weighted by Gasteiger charge is -2.32. The van der Waals surface area contributed by atoms with Gasteiger partial charge in [0.1, 0.15) is 0 Å². The molecule has 2 rings (SSSR count). The quantitative estimate of drug-likeness (QED) is 0.887. The van der Waals surface area contributed by atoms with Crippen LogP contribution in [0.1, 0.15) is 18.4 Å². The van der Waals surface area contributed by atoms with Gasteiger partial charge in [0, 0.05) is 28.6 Å². The molecule has 0 bridgehead atoms. The molecule has 0 aliphatic carbocycles. The van der Waals surface area contributed by atoms with Crippen LogP contribution in [0.25, 0.3) is 0 Å². The average molecular weight is 350 g/mol. The van der Waals surface area contributed by atoms with E-state index in [0.29, 0.717) is 32.5 Å². The predicted molar refractivity (Wildman–Crippen MR) is 70.5 cm³/mol. The van der Waals surface area contributed by atoms with Crippen LogP contribution in [0, 0.1) is 0 Å². The highest BCUT2D eigenvalue weighted by Crippen LogP contribution is 2.32. The van der Waals surface area contributed by atoms with Gasteiger partial charge in [0.25, 0.3) is 0 Å². The average Bonchev–Trinajstić information content (AvgIpc) is 2.25. The van der Waals surface area contributed by atoms with Gasteiger partial charge in [-0.2, -0.15) is 0 Å². The van der Waals surface area contributed by atoms with Crippen LogP contribution in [0.15, 0.2) is 27.1 Å². The second kappa shape index (κ2) is 5.17. The fourth-order valence-corrected chi connectivity index (χ4v) is 3.24. The van der Waals surface area contributed by atoms with Crippen molar-refractivity contribution in [3.05, 3.63) is 32.7 Å². The van der Waals surface area contributed by atoms with E-state index in [2.05, 4.69) is 31.9 Å².